The number of carbonyl (C=O) groups is 1. The zero-order valence-corrected chi connectivity index (χ0v) is 12.4. The normalized spacial score (nSPS) is 14.4. The molecule has 0 spiro atoms. The number of rotatable bonds is 6. The van der Waals surface area contributed by atoms with Gasteiger partial charge in [-0.1, -0.05) is 13.8 Å². The summed E-state index contributed by atoms with van der Waals surface area (Å²) in [5.74, 6) is -0.108. The summed E-state index contributed by atoms with van der Waals surface area (Å²) in [6.07, 6.45) is 0.230. The number of nitrogens with one attached hydrogen (secondary N) is 3. The number of benzene rings is 1. The Balaban J connectivity index is 2.03. The highest BCUT2D eigenvalue weighted by Crippen LogP contribution is 2.25. The van der Waals surface area contributed by atoms with Crippen molar-refractivity contribution in [3.8, 4) is 0 Å². The maximum absolute atomic E-state index is 12.1. The molecule has 1 heterocycles. The lowest BCUT2D eigenvalue weighted by Crippen LogP contribution is -2.34. The zero-order chi connectivity index (χ0) is 14.8. The van der Waals surface area contributed by atoms with Crippen LogP contribution in [-0.4, -0.2) is 33.5 Å². The largest absolute Gasteiger partial charge is 0.326 e. The summed E-state index contributed by atoms with van der Waals surface area (Å²) in [7, 11) is -3.53. The van der Waals surface area contributed by atoms with E-state index < -0.39 is 10.0 Å². The highest BCUT2D eigenvalue weighted by molar-refractivity contribution is 7.89. The monoisotopic (exact) mass is 297 g/mol. The van der Waals surface area contributed by atoms with Crippen molar-refractivity contribution in [1.82, 2.24) is 10.0 Å². The van der Waals surface area contributed by atoms with Gasteiger partial charge in [0.2, 0.25) is 15.9 Å². The molecule has 2 rings (SSSR count). The highest BCUT2D eigenvalue weighted by atomic mass is 32.2. The van der Waals surface area contributed by atoms with E-state index in [2.05, 4.69) is 15.4 Å². The predicted molar refractivity (Wildman–Crippen MR) is 77.1 cm³/mol. The third kappa shape index (κ3) is 3.56. The van der Waals surface area contributed by atoms with E-state index in [1.54, 1.807) is 12.1 Å². The standard InChI is InChI=1S/C13H19N3O3S/c1-9(2)14-5-6-15-20(18,19)11-3-4-12-10(7-11)8-13(17)16-12/h3-4,7,9,14-15H,5-6,8H2,1-2H3,(H,16,17). The molecule has 0 aromatic heterocycles. The second kappa shape index (κ2) is 5.90. The fraction of sp³-hybridized carbons (Fsp3) is 0.462. The number of hydrogen-bond donors (Lipinski definition) is 3. The highest BCUT2D eigenvalue weighted by Gasteiger charge is 2.21. The van der Waals surface area contributed by atoms with Crippen molar-refractivity contribution in [2.45, 2.75) is 31.2 Å². The molecule has 1 aliphatic rings. The summed E-state index contributed by atoms with van der Waals surface area (Å²) in [6, 6.07) is 4.99. The molecule has 1 aromatic rings. The third-order valence-corrected chi connectivity index (χ3v) is 4.44. The molecule has 0 saturated carbocycles. The number of fused-ring (bicyclic) bond motifs is 1. The molecule has 0 fully saturated rings. The maximum Gasteiger partial charge on any atom is 0.240 e. The van der Waals surface area contributed by atoms with Crippen LogP contribution < -0.4 is 15.4 Å². The maximum atomic E-state index is 12.1. The van der Waals surface area contributed by atoms with E-state index in [1.807, 2.05) is 13.8 Å². The van der Waals surface area contributed by atoms with Crippen LogP contribution in [0.1, 0.15) is 19.4 Å². The Labute approximate surface area is 119 Å². The van der Waals surface area contributed by atoms with Gasteiger partial charge in [0.25, 0.3) is 0 Å². The first-order chi connectivity index (χ1) is 9.38. The molecule has 1 aromatic carbocycles. The quantitative estimate of drug-likeness (QED) is 0.666. The Hall–Kier alpha value is -1.44. The number of hydrogen-bond acceptors (Lipinski definition) is 4. The summed E-state index contributed by atoms with van der Waals surface area (Å²) in [5.41, 5.74) is 1.41. The molecular weight excluding hydrogens is 278 g/mol. The number of anilines is 1. The molecule has 20 heavy (non-hydrogen) atoms. The van der Waals surface area contributed by atoms with Crippen LogP contribution in [0.25, 0.3) is 0 Å². The average Bonchev–Trinajstić information content (AvgIpc) is 2.73. The van der Waals surface area contributed by atoms with Crippen molar-refractivity contribution >= 4 is 21.6 Å². The smallest absolute Gasteiger partial charge is 0.240 e. The van der Waals surface area contributed by atoms with E-state index in [-0.39, 0.29) is 17.2 Å². The van der Waals surface area contributed by atoms with Gasteiger partial charge < -0.3 is 10.6 Å². The average molecular weight is 297 g/mol. The fourth-order valence-corrected chi connectivity index (χ4v) is 3.08. The second-order valence-corrected chi connectivity index (χ2v) is 6.82. The van der Waals surface area contributed by atoms with Crippen LogP contribution >= 0.6 is 0 Å². The first kappa shape index (κ1) is 15.0. The van der Waals surface area contributed by atoms with Crippen LogP contribution in [0, 0.1) is 0 Å². The van der Waals surface area contributed by atoms with E-state index in [0.717, 1.165) is 5.56 Å². The van der Waals surface area contributed by atoms with Gasteiger partial charge in [-0.05, 0) is 23.8 Å². The number of carbonyl (C=O) groups excluding carboxylic acids is 1. The zero-order valence-electron chi connectivity index (χ0n) is 11.6. The van der Waals surface area contributed by atoms with E-state index in [1.165, 1.54) is 6.07 Å². The van der Waals surface area contributed by atoms with Crippen molar-refractivity contribution in [3.05, 3.63) is 23.8 Å². The van der Waals surface area contributed by atoms with Crippen molar-refractivity contribution in [3.63, 3.8) is 0 Å². The second-order valence-electron chi connectivity index (χ2n) is 5.05. The topological polar surface area (TPSA) is 87.3 Å². The Morgan fingerprint density at radius 1 is 1.30 bits per heavy atom. The van der Waals surface area contributed by atoms with Crippen LogP contribution in [-0.2, 0) is 21.2 Å². The molecule has 110 valence electrons. The van der Waals surface area contributed by atoms with Crippen LogP contribution in [0.15, 0.2) is 23.1 Å². The predicted octanol–water partition coefficient (Wildman–Crippen LogP) is 0.457. The minimum Gasteiger partial charge on any atom is -0.326 e. The Morgan fingerprint density at radius 2 is 2.05 bits per heavy atom. The van der Waals surface area contributed by atoms with E-state index in [9.17, 15) is 13.2 Å². The van der Waals surface area contributed by atoms with Gasteiger partial charge in [-0.3, -0.25) is 4.79 Å². The summed E-state index contributed by atoms with van der Waals surface area (Å²) in [4.78, 5) is 11.4. The van der Waals surface area contributed by atoms with Crippen molar-refractivity contribution in [2.75, 3.05) is 18.4 Å². The van der Waals surface area contributed by atoms with Gasteiger partial charge in [0, 0.05) is 24.8 Å². The van der Waals surface area contributed by atoms with Gasteiger partial charge in [0.05, 0.1) is 11.3 Å². The van der Waals surface area contributed by atoms with Gasteiger partial charge in [-0.2, -0.15) is 0 Å². The molecule has 0 radical (unpaired) electrons. The Kier molecular flexibility index (Phi) is 4.42. The lowest BCUT2D eigenvalue weighted by atomic mass is 10.2. The molecule has 0 bridgehead atoms. The summed E-state index contributed by atoms with van der Waals surface area (Å²) < 4.78 is 26.8. The summed E-state index contributed by atoms with van der Waals surface area (Å²) in [6.45, 7) is 4.90. The Morgan fingerprint density at radius 3 is 2.75 bits per heavy atom. The van der Waals surface area contributed by atoms with Gasteiger partial charge in [-0.15, -0.1) is 0 Å². The van der Waals surface area contributed by atoms with E-state index in [4.69, 9.17) is 0 Å². The van der Waals surface area contributed by atoms with E-state index >= 15 is 0 Å². The summed E-state index contributed by atoms with van der Waals surface area (Å²) >= 11 is 0. The van der Waals surface area contributed by atoms with Crippen LogP contribution in [0.5, 0.6) is 0 Å². The van der Waals surface area contributed by atoms with E-state index in [0.29, 0.717) is 24.8 Å². The van der Waals surface area contributed by atoms with Gasteiger partial charge in [0.1, 0.15) is 0 Å². The Bertz CT molecular complexity index is 611. The molecule has 1 aliphatic heterocycles. The van der Waals surface area contributed by atoms with Gasteiger partial charge >= 0.3 is 0 Å². The molecule has 0 aliphatic carbocycles. The molecule has 7 heteroatoms. The van der Waals surface area contributed by atoms with Crippen molar-refractivity contribution < 1.29 is 13.2 Å². The number of amides is 1. The minimum absolute atomic E-state index is 0.108. The molecular formula is C13H19N3O3S. The fourth-order valence-electron chi connectivity index (χ4n) is 2.00. The van der Waals surface area contributed by atoms with Gasteiger partial charge in [0.15, 0.2) is 0 Å². The molecule has 1 amide bonds. The minimum atomic E-state index is -3.53. The first-order valence-corrected chi connectivity index (χ1v) is 8.02. The molecule has 6 nitrogen and oxygen atoms in total. The third-order valence-electron chi connectivity index (χ3n) is 2.98. The lowest BCUT2D eigenvalue weighted by molar-refractivity contribution is -0.115. The van der Waals surface area contributed by atoms with Crippen molar-refractivity contribution in [1.29, 1.82) is 0 Å². The van der Waals surface area contributed by atoms with Crippen LogP contribution in [0.3, 0.4) is 0 Å². The van der Waals surface area contributed by atoms with Crippen molar-refractivity contribution in [2.24, 2.45) is 0 Å². The molecule has 0 unspecified atom stereocenters. The SMILES string of the molecule is CC(C)NCCNS(=O)(=O)c1ccc2c(c1)CC(=O)N2. The molecule has 0 atom stereocenters. The number of sulfonamides is 1. The molecule has 0 saturated heterocycles. The van der Waals surface area contributed by atoms with Crippen LogP contribution in [0.4, 0.5) is 5.69 Å². The molecule has 3 N–H and O–H groups in total. The lowest BCUT2D eigenvalue weighted by Gasteiger charge is -2.10. The summed E-state index contributed by atoms with van der Waals surface area (Å²) in [5, 5.41) is 5.81. The van der Waals surface area contributed by atoms with Gasteiger partial charge in [-0.25, -0.2) is 13.1 Å². The van der Waals surface area contributed by atoms with Crippen LogP contribution in [0.2, 0.25) is 0 Å². The first-order valence-electron chi connectivity index (χ1n) is 6.54.